The first-order valence-corrected chi connectivity index (χ1v) is 16.3. The highest BCUT2D eigenvalue weighted by Crippen LogP contribution is 2.39. The summed E-state index contributed by atoms with van der Waals surface area (Å²) >= 11 is 1.12. The quantitative estimate of drug-likeness (QED) is 0.182. The maximum absolute atomic E-state index is 15.3. The largest absolute Gasteiger partial charge is 0.476 e. The van der Waals surface area contributed by atoms with E-state index in [-0.39, 0.29) is 17.7 Å². The van der Waals surface area contributed by atoms with Gasteiger partial charge in [0.15, 0.2) is 5.69 Å². The molecule has 10 nitrogen and oxygen atoms in total. The molecule has 0 saturated heterocycles. The predicted molar refractivity (Wildman–Crippen MR) is 164 cm³/mol. The fourth-order valence-electron chi connectivity index (χ4n) is 5.35. The van der Waals surface area contributed by atoms with Crippen LogP contribution in [0, 0.1) is 17.6 Å². The number of aromatic carboxylic acids is 1. The number of hydrogen-bond donors (Lipinski definition) is 3. The van der Waals surface area contributed by atoms with Gasteiger partial charge in [-0.15, -0.1) is 11.3 Å². The number of hydrogen-bond acceptors (Lipinski definition) is 7. The van der Waals surface area contributed by atoms with Crippen LogP contribution in [0.25, 0.3) is 38.8 Å². The second-order valence-corrected chi connectivity index (χ2v) is 13.3. The first-order chi connectivity index (χ1) is 21.5. The van der Waals surface area contributed by atoms with E-state index in [1.807, 2.05) is 24.3 Å². The summed E-state index contributed by atoms with van der Waals surface area (Å²) in [6.45, 7) is 0. The number of primary sulfonamides is 1. The molecule has 1 aliphatic carbocycles. The van der Waals surface area contributed by atoms with E-state index in [1.54, 1.807) is 16.8 Å². The number of benzene rings is 3. The molecule has 1 fully saturated rings. The average molecular weight is 647 g/mol. The fraction of sp³-hybridized carbons (Fsp3) is 0.161. The third kappa shape index (κ3) is 5.63. The number of thiazole rings is 1. The van der Waals surface area contributed by atoms with Crippen molar-refractivity contribution in [3.05, 3.63) is 100 Å². The second-order valence-electron chi connectivity index (χ2n) is 10.9. The van der Waals surface area contributed by atoms with Crippen molar-refractivity contribution in [3.63, 3.8) is 0 Å². The third-order valence-electron chi connectivity index (χ3n) is 7.73. The van der Waals surface area contributed by atoms with Crippen molar-refractivity contribution in [1.82, 2.24) is 24.7 Å². The molecule has 7 rings (SSSR count). The van der Waals surface area contributed by atoms with Gasteiger partial charge in [0.1, 0.15) is 22.4 Å². The number of carboxylic acid groups (broad SMARTS) is 1. The van der Waals surface area contributed by atoms with Gasteiger partial charge in [0.05, 0.1) is 28.0 Å². The fourth-order valence-corrected chi connectivity index (χ4v) is 6.71. The SMILES string of the molecule is NS(=O)(=O)c1ccc(Cc2c(-c3ccc(F)c(-c4nc5ccccc5[nH]4)c3)nn(-c3nc(C(=O)O)cs3)c2CC2CC2)cc1F. The van der Waals surface area contributed by atoms with Crippen molar-refractivity contribution in [2.45, 2.75) is 30.6 Å². The maximum Gasteiger partial charge on any atom is 0.355 e. The number of para-hydroxylation sites is 2. The predicted octanol–water partition coefficient (Wildman–Crippen LogP) is 5.71. The van der Waals surface area contributed by atoms with Crippen LogP contribution >= 0.6 is 11.3 Å². The molecule has 3 aromatic heterocycles. The molecule has 1 saturated carbocycles. The normalized spacial score (nSPS) is 13.5. The number of rotatable bonds is 9. The molecule has 14 heteroatoms. The van der Waals surface area contributed by atoms with Crippen LogP contribution in [0.3, 0.4) is 0 Å². The van der Waals surface area contributed by atoms with Gasteiger partial charge in [-0.1, -0.05) is 18.2 Å². The number of nitrogens with one attached hydrogen (secondary N) is 1. The molecular weight excluding hydrogens is 623 g/mol. The summed E-state index contributed by atoms with van der Waals surface area (Å²) in [6.07, 6.45) is 2.75. The summed E-state index contributed by atoms with van der Waals surface area (Å²) in [5, 5.41) is 21.3. The zero-order valence-electron chi connectivity index (χ0n) is 23.4. The lowest BCUT2D eigenvalue weighted by atomic mass is 9.96. The van der Waals surface area contributed by atoms with E-state index in [0.29, 0.717) is 51.2 Å². The monoisotopic (exact) mass is 646 g/mol. The Morgan fingerprint density at radius 3 is 2.56 bits per heavy atom. The van der Waals surface area contributed by atoms with Crippen LogP contribution in [0.5, 0.6) is 0 Å². The number of H-pyrrole nitrogens is 1. The van der Waals surface area contributed by atoms with Crippen molar-refractivity contribution >= 4 is 38.4 Å². The zero-order valence-corrected chi connectivity index (χ0v) is 25.0. The first kappa shape index (κ1) is 29.0. The number of aromatic amines is 1. The molecule has 0 atom stereocenters. The third-order valence-corrected chi connectivity index (χ3v) is 9.49. The standard InChI is InChI=1S/C31H24F2N6O4S2/c32-21-9-8-18(14-19(21)29-35-23-3-1-2-4-24(23)36-29)28-20(11-17-7-10-27(22(33)12-17)45(34,42)43)26(13-16-5-6-16)39(38-28)31-37-25(15-44-31)30(40)41/h1-4,7-10,12,14-16H,5-6,11,13H2,(H,35,36)(H,40,41)(H2,34,42,43). The molecule has 3 aromatic carbocycles. The molecule has 0 spiro atoms. The molecule has 0 bridgehead atoms. The lowest BCUT2D eigenvalue weighted by molar-refractivity contribution is 0.0691. The van der Waals surface area contributed by atoms with Crippen molar-refractivity contribution in [3.8, 4) is 27.8 Å². The van der Waals surface area contributed by atoms with Crippen LogP contribution in [-0.2, 0) is 22.9 Å². The highest BCUT2D eigenvalue weighted by Gasteiger charge is 2.30. The number of sulfonamides is 1. The summed E-state index contributed by atoms with van der Waals surface area (Å²) in [6, 6.07) is 15.7. The van der Waals surface area contributed by atoms with E-state index >= 15 is 4.39 Å². The van der Waals surface area contributed by atoms with Gasteiger partial charge in [0.2, 0.25) is 15.2 Å². The minimum absolute atomic E-state index is 0.124. The molecule has 0 unspecified atom stereocenters. The van der Waals surface area contributed by atoms with E-state index in [4.69, 9.17) is 10.2 Å². The summed E-state index contributed by atoms with van der Waals surface area (Å²) in [7, 11) is -4.26. The van der Waals surface area contributed by atoms with Crippen molar-refractivity contribution in [1.29, 1.82) is 0 Å². The van der Waals surface area contributed by atoms with Gasteiger partial charge in [-0.2, -0.15) is 5.10 Å². The Morgan fingerprint density at radius 2 is 1.87 bits per heavy atom. The Hall–Kier alpha value is -4.79. The van der Waals surface area contributed by atoms with Crippen molar-refractivity contribution in [2.75, 3.05) is 0 Å². The van der Waals surface area contributed by atoms with Crippen LogP contribution in [0.4, 0.5) is 8.78 Å². The van der Waals surface area contributed by atoms with Gasteiger partial charge in [-0.05, 0) is 73.2 Å². The zero-order chi connectivity index (χ0) is 31.5. The summed E-state index contributed by atoms with van der Waals surface area (Å²) in [5.74, 6) is -1.95. The summed E-state index contributed by atoms with van der Waals surface area (Å²) in [4.78, 5) is 23.0. The number of nitrogens with zero attached hydrogens (tertiary/aromatic N) is 4. The highest BCUT2D eigenvalue weighted by molar-refractivity contribution is 7.89. The van der Waals surface area contributed by atoms with Crippen LogP contribution < -0.4 is 5.14 Å². The molecule has 0 aliphatic heterocycles. The van der Waals surface area contributed by atoms with Crippen molar-refractivity contribution < 1.29 is 27.1 Å². The molecule has 0 amide bonds. The topological polar surface area (TPSA) is 157 Å². The smallest absolute Gasteiger partial charge is 0.355 e. The second kappa shape index (κ2) is 11.0. The van der Waals surface area contributed by atoms with Crippen molar-refractivity contribution in [2.24, 2.45) is 11.1 Å². The van der Waals surface area contributed by atoms with E-state index in [2.05, 4.69) is 15.0 Å². The van der Waals surface area contributed by atoms with Crippen LogP contribution in [-0.4, -0.2) is 44.2 Å². The van der Waals surface area contributed by atoms with E-state index in [0.717, 1.165) is 47.5 Å². The van der Waals surface area contributed by atoms with Gasteiger partial charge in [-0.3, -0.25) is 0 Å². The Kier molecular flexibility index (Phi) is 7.06. The van der Waals surface area contributed by atoms with E-state index < -0.39 is 32.5 Å². The number of carbonyl (C=O) groups is 1. The molecule has 1 aliphatic rings. The Labute approximate surface area is 259 Å². The number of aromatic nitrogens is 5. The Balaban J connectivity index is 1.41. The molecule has 4 N–H and O–H groups in total. The van der Waals surface area contributed by atoms with Crippen LogP contribution in [0.15, 0.2) is 70.9 Å². The van der Waals surface area contributed by atoms with Gasteiger partial charge in [-0.25, -0.2) is 41.8 Å². The number of imidazole rings is 1. The average Bonchev–Trinajstić information content (AvgIpc) is 3.36. The highest BCUT2D eigenvalue weighted by atomic mass is 32.2. The lowest BCUT2D eigenvalue weighted by Crippen LogP contribution is -2.14. The number of fused-ring (bicyclic) bond motifs is 1. The Bertz CT molecular complexity index is 2200. The van der Waals surface area contributed by atoms with Gasteiger partial charge in [0.25, 0.3) is 0 Å². The Morgan fingerprint density at radius 1 is 1.07 bits per heavy atom. The minimum Gasteiger partial charge on any atom is -0.476 e. The molecular formula is C31H24F2N6O4S2. The number of halogens is 2. The summed E-state index contributed by atoms with van der Waals surface area (Å²) in [5.41, 5.74) is 4.44. The van der Waals surface area contributed by atoms with E-state index in [9.17, 15) is 22.7 Å². The molecule has 228 valence electrons. The molecule has 45 heavy (non-hydrogen) atoms. The number of nitrogens with two attached hydrogens (primary N) is 1. The lowest BCUT2D eigenvalue weighted by Gasteiger charge is -2.10. The van der Waals surface area contributed by atoms with Gasteiger partial charge >= 0.3 is 5.97 Å². The van der Waals surface area contributed by atoms with Crippen LogP contribution in [0.2, 0.25) is 0 Å². The summed E-state index contributed by atoms with van der Waals surface area (Å²) < 4.78 is 55.5. The molecule has 6 aromatic rings. The van der Waals surface area contributed by atoms with Gasteiger partial charge < -0.3 is 10.1 Å². The molecule has 0 radical (unpaired) electrons. The number of carboxylic acids is 1. The van der Waals surface area contributed by atoms with E-state index in [1.165, 1.54) is 17.5 Å². The first-order valence-electron chi connectivity index (χ1n) is 13.9. The van der Waals surface area contributed by atoms with Gasteiger partial charge in [0, 0.05) is 22.9 Å². The molecule has 3 heterocycles. The minimum atomic E-state index is -4.26. The van der Waals surface area contributed by atoms with Crippen LogP contribution in [0.1, 0.15) is 40.2 Å². The maximum atomic E-state index is 15.3.